The van der Waals surface area contributed by atoms with Crippen molar-refractivity contribution in [1.29, 1.82) is 0 Å². The van der Waals surface area contributed by atoms with Crippen LogP contribution in [-0.2, 0) is 4.79 Å². The number of imidazole rings is 1. The Hall–Kier alpha value is -1.80. The highest BCUT2D eigenvalue weighted by atomic mass is 79.9. The topological polar surface area (TPSA) is 76.0 Å². The van der Waals surface area contributed by atoms with Gasteiger partial charge in [-0.1, -0.05) is 27.7 Å². The molecule has 2 N–H and O–H groups in total. The maximum absolute atomic E-state index is 11.6. The molecule has 8 heteroatoms. The molecule has 0 saturated heterocycles. The fourth-order valence-electron chi connectivity index (χ4n) is 1.55. The van der Waals surface area contributed by atoms with Gasteiger partial charge in [0.2, 0.25) is 5.91 Å². The molecule has 0 aliphatic carbocycles. The van der Waals surface area contributed by atoms with Crippen LogP contribution in [0.3, 0.4) is 0 Å². The van der Waals surface area contributed by atoms with Gasteiger partial charge in [0.1, 0.15) is 0 Å². The van der Waals surface area contributed by atoms with Crippen molar-refractivity contribution in [3.8, 4) is 5.69 Å². The molecule has 110 valence electrons. The number of nitrogens with zero attached hydrogens (tertiary/aromatic N) is 2. The molecule has 1 heterocycles. The van der Waals surface area contributed by atoms with E-state index >= 15 is 0 Å². The number of carbonyl (C=O) groups is 2. The Labute approximate surface area is 134 Å². The minimum Gasteiger partial charge on any atom is -0.341 e. The lowest BCUT2D eigenvalue weighted by Crippen LogP contribution is -2.38. The molecule has 0 aliphatic rings. The monoisotopic (exact) mass is 368 g/mol. The molecular weight excluding hydrogens is 356 g/mol. The van der Waals surface area contributed by atoms with E-state index in [0.717, 1.165) is 10.2 Å². The van der Waals surface area contributed by atoms with Gasteiger partial charge < -0.3 is 5.32 Å². The zero-order chi connectivity index (χ0) is 15.2. The molecular formula is C13H13BrN4O2S. The number of hydrogen-bond donors (Lipinski definition) is 2. The molecule has 0 unspecified atom stereocenters. The lowest BCUT2D eigenvalue weighted by atomic mass is 10.3. The fraction of sp³-hybridized carbons (Fsp3) is 0.154. The number of amides is 3. The zero-order valence-corrected chi connectivity index (χ0v) is 13.6. The number of hydrogen-bond acceptors (Lipinski definition) is 4. The van der Waals surface area contributed by atoms with Crippen LogP contribution in [0, 0.1) is 0 Å². The third-order valence-electron chi connectivity index (χ3n) is 2.52. The first kappa shape index (κ1) is 15.6. The maximum atomic E-state index is 11.6. The first-order valence-corrected chi connectivity index (χ1v) is 7.81. The summed E-state index contributed by atoms with van der Waals surface area (Å²) in [4.78, 5) is 26.8. The summed E-state index contributed by atoms with van der Waals surface area (Å²) >= 11 is 4.65. The number of nitrogens with one attached hydrogen (secondary N) is 2. The van der Waals surface area contributed by atoms with E-state index in [2.05, 4.69) is 31.5 Å². The van der Waals surface area contributed by atoms with E-state index in [9.17, 15) is 9.59 Å². The molecule has 2 aromatic rings. The number of halogens is 1. The smallest absolute Gasteiger partial charge is 0.321 e. The van der Waals surface area contributed by atoms with Gasteiger partial charge in [0.15, 0.2) is 5.16 Å². The summed E-state index contributed by atoms with van der Waals surface area (Å²) < 4.78 is 2.87. The molecule has 1 aromatic carbocycles. The molecule has 0 bridgehead atoms. The van der Waals surface area contributed by atoms with Gasteiger partial charge in [-0.2, -0.15) is 0 Å². The second-order valence-electron chi connectivity index (χ2n) is 3.97. The summed E-state index contributed by atoms with van der Waals surface area (Å²) in [6.07, 6.45) is 3.49. The number of urea groups is 1. The van der Waals surface area contributed by atoms with E-state index in [1.807, 2.05) is 35.0 Å². The molecule has 0 atom stereocenters. The number of aromatic nitrogens is 2. The van der Waals surface area contributed by atoms with Crippen LogP contribution in [0.25, 0.3) is 5.69 Å². The average molecular weight is 369 g/mol. The Balaban J connectivity index is 2.02. The van der Waals surface area contributed by atoms with E-state index in [0.29, 0.717) is 5.16 Å². The van der Waals surface area contributed by atoms with Gasteiger partial charge in [0, 0.05) is 29.6 Å². The molecule has 21 heavy (non-hydrogen) atoms. The van der Waals surface area contributed by atoms with Crippen molar-refractivity contribution in [2.24, 2.45) is 0 Å². The van der Waals surface area contributed by atoms with Crippen LogP contribution < -0.4 is 10.6 Å². The number of rotatable bonds is 4. The zero-order valence-electron chi connectivity index (χ0n) is 11.2. The molecule has 6 nitrogen and oxygen atoms in total. The Morgan fingerprint density at radius 2 is 2.05 bits per heavy atom. The van der Waals surface area contributed by atoms with Gasteiger partial charge in [-0.15, -0.1) is 0 Å². The summed E-state index contributed by atoms with van der Waals surface area (Å²) in [6.45, 7) is 0. The van der Waals surface area contributed by atoms with Gasteiger partial charge in [-0.25, -0.2) is 9.78 Å². The SMILES string of the molecule is CNC(=O)NC(=O)CSc1nccn1-c1ccc(Br)cc1. The van der Waals surface area contributed by atoms with Crippen molar-refractivity contribution in [3.63, 3.8) is 0 Å². The van der Waals surface area contributed by atoms with Gasteiger partial charge in [0.25, 0.3) is 0 Å². The van der Waals surface area contributed by atoms with Crippen LogP contribution in [0.4, 0.5) is 4.79 Å². The maximum Gasteiger partial charge on any atom is 0.321 e. The van der Waals surface area contributed by atoms with Crippen molar-refractivity contribution in [2.45, 2.75) is 5.16 Å². The highest BCUT2D eigenvalue weighted by molar-refractivity contribution is 9.10. The number of carbonyl (C=O) groups excluding carboxylic acids is 2. The van der Waals surface area contributed by atoms with Crippen LogP contribution in [0.2, 0.25) is 0 Å². The number of imide groups is 1. The second kappa shape index (κ2) is 7.28. The van der Waals surface area contributed by atoms with Crippen molar-refractivity contribution >= 4 is 39.6 Å². The standard InChI is InChI=1S/C13H13BrN4O2S/c1-15-12(20)17-11(19)8-21-13-16-6-7-18(13)10-4-2-9(14)3-5-10/h2-7H,8H2,1H3,(H2,15,17,19,20). The highest BCUT2D eigenvalue weighted by Gasteiger charge is 2.10. The summed E-state index contributed by atoms with van der Waals surface area (Å²) in [6, 6.07) is 7.24. The second-order valence-corrected chi connectivity index (χ2v) is 5.83. The Bertz CT molecular complexity index is 642. The van der Waals surface area contributed by atoms with Gasteiger partial charge in [-0.05, 0) is 24.3 Å². The van der Waals surface area contributed by atoms with Crippen molar-refractivity contribution in [1.82, 2.24) is 20.2 Å². The van der Waals surface area contributed by atoms with Gasteiger partial charge in [0.05, 0.1) is 5.75 Å². The summed E-state index contributed by atoms with van der Waals surface area (Å²) in [7, 11) is 1.45. The van der Waals surface area contributed by atoms with Crippen molar-refractivity contribution in [3.05, 3.63) is 41.1 Å². The number of thioether (sulfide) groups is 1. The minimum atomic E-state index is -0.517. The average Bonchev–Trinajstić information content (AvgIpc) is 2.94. The molecule has 0 spiro atoms. The van der Waals surface area contributed by atoms with Crippen LogP contribution >= 0.6 is 27.7 Å². The highest BCUT2D eigenvalue weighted by Crippen LogP contribution is 2.21. The first-order chi connectivity index (χ1) is 10.1. The van der Waals surface area contributed by atoms with Crippen molar-refractivity contribution < 1.29 is 9.59 Å². The molecule has 0 aliphatic heterocycles. The van der Waals surface area contributed by atoms with Crippen LogP contribution in [-0.4, -0.2) is 34.3 Å². The van der Waals surface area contributed by atoms with Gasteiger partial charge >= 0.3 is 6.03 Å². The summed E-state index contributed by atoms with van der Waals surface area (Å²) in [5.74, 6) is -0.259. The summed E-state index contributed by atoms with van der Waals surface area (Å²) in [5, 5.41) is 5.22. The summed E-state index contributed by atoms with van der Waals surface area (Å²) in [5.41, 5.74) is 0.949. The van der Waals surface area contributed by atoms with Gasteiger partial charge in [-0.3, -0.25) is 14.7 Å². The van der Waals surface area contributed by atoms with Crippen molar-refractivity contribution in [2.75, 3.05) is 12.8 Å². The predicted octanol–water partition coefficient (Wildman–Crippen LogP) is 2.18. The van der Waals surface area contributed by atoms with Crippen LogP contribution in [0.15, 0.2) is 46.3 Å². The molecule has 3 amide bonds. The van der Waals surface area contributed by atoms with Crippen LogP contribution in [0.1, 0.15) is 0 Å². The fourth-order valence-corrected chi connectivity index (χ4v) is 2.59. The number of benzene rings is 1. The third-order valence-corrected chi connectivity index (χ3v) is 4.02. The molecule has 2 rings (SSSR count). The van der Waals surface area contributed by atoms with E-state index in [4.69, 9.17) is 0 Å². The lowest BCUT2D eigenvalue weighted by molar-refractivity contribution is -0.117. The molecule has 0 fully saturated rings. The normalized spacial score (nSPS) is 10.2. The Kier molecular flexibility index (Phi) is 5.40. The third kappa shape index (κ3) is 4.33. The lowest BCUT2D eigenvalue weighted by Gasteiger charge is -2.07. The van der Waals surface area contributed by atoms with E-state index in [1.54, 1.807) is 6.20 Å². The molecule has 1 aromatic heterocycles. The van der Waals surface area contributed by atoms with E-state index in [-0.39, 0.29) is 11.7 Å². The first-order valence-electron chi connectivity index (χ1n) is 6.04. The molecule has 0 radical (unpaired) electrons. The largest absolute Gasteiger partial charge is 0.341 e. The van der Waals surface area contributed by atoms with Crippen LogP contribution in [0.5, 0.6) is 0 Å². The van der Waals surface area contributed by atoms with E-state index in [1.165, 1.54) is 18.8 Å². The quantitative estimate of drug-likeness (QED) is 0.811. The predicted molar refractivity (Wildman–Crippen MR) is 84.6 cm³/mol. The Morgan fingerprint density at radius 3 is 2.71 bits per heavy atom. The van der Waals surface area contributed by atoms with E-state index < -0.39 is 6.03 Å². The minimum absolute atomic E-state index is 0.112. The molecule has 0 saturated carbocycles. The Morgan fingerprint density at radius 1 is 1.33 bits per heavy atom.